The molecule has 29 heavy (non-hydrogen) atoms. The molecule has 3 aromatic rings. The second-order valence-electron chi connectivity index (χ2n) is 7.42. The highest BCUT2D eigenvalue weighted by molar-refractivity contribution is 6.39. The molecule has 0 saturated carbocycles. The normalized spacial score (nSPS) is 16.1. The van der Waals surface area contributed by atoms with E-state index in [1.54, 1.807) is 6.08 Å². The van der Waals surface area contributed by atoms with Gasteiger partial charge in [0.25, 0.3) is 11.8 Å². The summed E-state index contributed by atoms with van der Waals surface area (Å²) in [6.45, 7) is 5.65. The Morgan fingerprint density at radius 3 is 2.31 bits per heavy atom. The van der Waals surface area contributed by atoms with Crippen LogP contribution in [0.2, 0.25) is 0 Å². The number of rotatable bonds is 2. The Morgan fingerprint density at radius 1 is 0.966 bits per heavy atom. The Kier molecular flexibility index (Phi) is 4.34. The number of fused-ring (bicyclic) bond motifs is 1. The van der Waals surface area contributed by atoms with Crippen molar-refractivity contribution in [3.63, 3.8) is 0 Å². The molecule has 6 nitrogen and oxygen atoms in total. The van der Waals surface area contributed by atoms with Gasteiger partial charge in [0.2, 0.25) is 0 Å². The van der Waals surface area contributed by atoms with Gasteiger partial charge in [-0.15, -0.1) is 0 Å². The van der Waals surface area contributed by atoms with Crippen molar-refractivity contribution in [1.82, 2.24) is 9.88 Å². The van der Waals surface area contributed by atoms with Gasteiger partial charge in [0.05, 0.1) is 5.69 Å². The molecule has 6 heteroatoms. The number of hydrogen-bond acceptors (Lipinski definition) is 3. The third-order valence-electron chi connectivity index (χ3n) is 5.19. The highest BCUT2D eigenvalue weighted by atomic mass is 16.2. The minimum atomic E-state index is -0.731. The van der Waals surface area contributed by atoms with Crippen LogP contribution in [-0.4, -0.2) is 22.4 Å². The van der Waals surface area contributed by atoms with Gasteiger partial charge >= 0.3 is 6.03 Å². The maximum absolute atomic E-state index is 13.3. The minimum absolute atomic E-state index is 0.0691. The number of carbonyl (C=O) groups excluding carboxylic acids is 3. The Morgan fingerprint density at radius 2 is 1.62 bits per heavy atom. The van der Waals surface area contributed by atoms with Crippen LogP contribution in [0.15, 0.2) is 48.2 Å². The molecule has 1 aliphatic heterocycles. The van der Waals surface area contributed by atoms with Gasteiger partial charge in [0.1, 0.15) is 5.57 Å². The first-order valence-corrected chi connectivity index (χ1v) is 9.31. The van der Waals surface area contributed by atoms with Crippen molar-refractivity contribution in [2.24, 2.45) is 7.05 Å². The van der Waals surface area contributed by atoms with Gasteiger partial charge in [-0.1, -0.05) is 35.9 Å². The van der Waals surface area contributed by atoms with E-state index in [4.69, 9.17) is 0 Å². The highest BCUT2D eigenvalue weighted by Crippen LogP contribution is 2.30. The highest BCUT2D eigenvalue weighted by Gasteiger charge is 2.38. The first-order valence-electron chi connectivity index (χ1n) is 9.31. The molecule has 2 aromatic carbocycles. The van der Waals surface area contributed by atoms with Crippen LogP contribution in [0.1, 0.15) is 22.3 Å². The number of aryl methyl sites for hydroxylation is 4. The van der Waals surface area contributed by atoms with Crippen molar-refractivity contribution in [2.75, 3.05) is 4.90 Å². The van der Waals surface area contributed by atoms with E-state index < -0.39 is 17.8 Å². The molecule has 4 amide bonds. The van der Waals surface area contributed by atoms with E-state index >= 15 is 0 Å². The number of aromatic nitrogens is 1. The van der Waals surface area contributed by atoms with Crippen LogP contribution in [0.5, 0.6) is 0 Å². The maximum atomic E-state index is 13.3. The van der Waals surface area contributed by atoms with Crippen LogP contribution >= 0.6 is 0 Å². The van der Waals surface area contributed by atoms with Gasteiger partial charge in [-0.2, -0.15) is 0 Å². The van der Waals surface area contributed by atoms with E-state index in [9.17, 15) is 14.4 Å². The summed E-state index contributed by atoms with van der Waals surface area (Å²) in [5.74, 6) is -1.31. The molecule has 4 rings (SSSR count). The van der Waals surface area contributed by atoms with E-state index in [1.807, 2.05) is 75.0 Å². The van der Waals surface area contributed by atoms with Gasteiger partial charge in [0.15, 0.2) is 0 Å². The number of carbonyl (C=O) groups is 3. The Bertz CT molecular complexity index is 1210. The van der Waals surface area contributed by atoms with Crippen molar-refractivity contribution in [3.8, 4) is 0 Å². The summed E-state index contributed by atoms with van der Waals surface area (Å²) in [6.07, 6.45) is 3.42. The Hall–Kier alpha value is -3.67. The number of nitrogens with zero attached hydrogens (tertiary/aromatic N) is 2. The average Bonchev–Trinajstić information content (AvgIpc) is 2.97. The van der Waals surface area contributed by atoms with Crippen molar-refractivity contribution in [2.45, 2.75) is 20.8 Å². The number of benzene rings is 2. The first kappa shape index (κ1) is 18.7. The van der Waals surface area contributed by atoms with E-state index in [-0.39, 0.29) is 5.57 Å². The van der Waals surface area contributed by atoms with Crippen LogP contribution in [0, 0.1) is 20.8 Å². The Labute approximate surface area is 168 Å². The predicted molar refractivity (Wildman–Crippen MR) is 113 cm³/mol. The van der Waals surface area contributed by atoms with Crippen molar-refractivity contribution in [1.29, 1.82) is 0 Å². The number of barbiturate groups is 1. The molecule has 1 saturated heterocycles. The van der Waals surface area contributed by atoms with Gasteiger partial charge in [-0.3, -0.25) is 14.9 Å². The SMILES string of the molecule is Cc1cc(C)c(N2C(=O)NC(=O)C(=Cc3cn(C)c4ccccc34)C2=O)c(C)c1. The number of urea groups is 1. The van der Waals surface area contributed by atoms with Crippen LogP contribution < -0.4 is 10.2 Å². The monoisotopic (exact) mass is 387 g/mol. The van der Waals surface area contributed by atoms with Crippen LogP contribution in [0.3, 0.4) is 0 Å². The number of imide groups is 2. The maximum Gasteiger partial charge on any atom is 0.335 e. The lowest BCUT2D eigenvalue weighted by molar-refractivity contribution is -0.122. The number of amides is 4. The van der Waals surface area contributed by atoms with Crippen LogP contribution in [-0.2, 0) is 16.6 Å². The van der Waals surface area contributed by atoms with Gasteiger partial charge in [-0.05, 0) is 44.0 Å². The number of nitrogens with one attached hydrogen (secondary N) is 1. The molecule has 1 aliphatic rings. The molecule has 146 valence electrons. The molecule has 0 radical (unpaired) electrons. The van der Waals surface area contributed by atoms with E-state index in [1.165, 1.54) is 0 Å². The van der Waals surface area contributed by atoms with Gasteiger partial charge in [-0.25, -0.2) is 9.69 Å². The summed E-state index contributed by atoms with van der Waals surface area (Å²) in [6, 6.07) is 10.8. The molecule has 0 atom stereocenters. The molecule has 1 N–H and O–H groups in total. The quantitative estimate of drug-likeness (QED) is 0.537. The topological polar surface area (TPSA) is 71.4 Å². The molecule has 0 aliphatic carbocycles. The fourth-order valence-electron chi connectivity index (χ4n) is 4.03. The van der Waals surface area contributed by atoms with Crippen molar-refractivity contribution >= 4 is 40.5 Å². The standard InChI is InChI=1S/C23H21N3O3/c1-13-9-14(2)20(15(3)10-13)26-22(28)18(21(27)24-23(26)29)11-16-12-25(4)19-8-6-5-7-17(16)19/h5-12H,1-4H3,(H,24,27,29). The fraction of sp³-hybridized carbons (Fsp3) is 0.174. The molecular formula is C23H21N3O3. The molecule has 0 unspecified atom stereocenters. The second-order valence-corrected chi connectivity index (χ2v) is 7.42. The number of anilines is 1. The lowest BCUT2D eigenvalue weighted by Gasteiger charge is -2.29. The molecular weight excluding hydrogens is 366 g/mol. The zero-order valence-corrected chi connectivity index (χ0v) is 16.7. The average molecular weight is 387 g/mol. The first-order chi connectivity index (χ1) is 13.8. The van der Waals surface area contributed by atoms with E-state index in [2.05, 4.69) is 5.32 Å². The predicted octanol–water partition coefficient (Wildman–Crippen LogP) is 3.77. The van der Waals surface area contributed by atoms with Crippen LogP contribution in [0.25, 0.3) is 17.0 Å². The van der Waals surface area contributed by atoms with E-state index in [0.717, 1.165) is 38.1 Å². The summed E-state index contributed by atoms with van der Waals surface area (Å²) in [7, 11) is 1.90. The van der Waals surface area contributed by atoms with Crippen molar-refractivity contribution < 1.29 is 14.4 Å². The molecule has 1 aromatic heterocycles. The number of hydrogen-bond donors (Lipinski definition) is 1. The zero-order valence-electron chi connectivity index (χ0n) is 16.7. The van der Waals surface area contributed by atoms with Crippen LogP contribution in [0.4, 0.5) is 10.5 Å². The van der Waals surface area contributed by atoms with Gasteiger partial charge in [0, 0.05) is 29.7 Å². The zero-order chi connectivity index (χ0) is 20.9. The number of para-hydroxylation sites is 1. The minimum Gasteiger partial charge on any atom is -0.350 e. The summed E-state index contributed by atoms with van der Waals surface area (Å²) < 4.78 is 1.93. The summed E-state index contributed by atoms with van der Waals surface area (Å²) in [5.41, 5.74) is 4.80. The Balaban J connectivity index is 1.85. The van der Waals surface area contributed by atoms with Gasteiger partial charge < -0.3 is 4.57 Å². The van der Waals surface area contributed by atoms with E-state index in [0.29, 0.717) is 5.69 Å². The second kappa shape index (κ2) is 6.74. The lowest BCUT2D eigenvalue weighted by Crippen LogP contribution is -2.54. The summed E-state index contributed by atoms with van der Waals surface area (Å²) in [5, 5.41) is 3.23. The third-order valence-corrected chi connectivity index (χ3v) is 5.19. The third kappa shape index (κ3) is 3.02. The smallest absolute Gasteiger partial charge is 0.335 e. The molecule has 2 heterocycles. The lowest BCUT2D eigenvalue weighted by atomic mass is 10.0. The molecule has 0 bridgehead atoms. The van der Waals surface area contributed by atoms with Crippen molar-refractivity contribution in [3.05, 3.63) is 70.4 Å². The summed E-state index contributed by atoms with van der Waals surface area (Å²) >= 11 is 0. The molecule has 0 spiro atoms. The summed E-state index contributed by atoms with van der Waals surface area (Å²) in [4.78, 5) is 39.4. The largest absolute Gasteiger partial charge is 0.350 e. The molecule has 1 fully saturated rings. The fourth-order valence-corrected chi connectivity index (χ4v) is 4.03.